The molecule has 0 saturated heterocycles. The molecule has 0 saturated carbocycles. The molecular formula is C14H12O. The summed E-state index contributed by atoms with van der Waals surface area (Å²) < 4.78 is 4.96. The number of fused-ring (bicyclic) bond motifs is 1. The van der Waals surface area contributed by atoms with Crippen LogP contribution in [0.2, 0.25) is 0 Å². The summed E-state index contributed by atoms with van der Waals surface area (Å²) in [6.07, 6.45) is 3.49. The summed E-state index contributed by atoms with van der Waals surface area (Å²) in [5, 5.41) is 2.33. The zero-order chi connectivity index (χ0) is 10.3. The van der Waals surface area contributed by atoms with Crippen LogP contribution in [0.3, 0.4) is 0 Å². The molecule has 1 heterocycles. The largest absolute Gasteiger partial charge is 0.471 e. The van der Waals surface area contributed by atoms with Crippen molar-refractivity contribution in [3.05, 3.63) is 73.2 Å². The van der Waals surface area contributed by atoms with Gasteiger partial charge in [0, 0.05) is 10.8 Å². The molecule has 0 aliphatic rings. The lowest BCUT2D eigenvalue weighted by Gasteiger charge is -1.80. The van der Waals surface area contributed by atoms with Gasteiger partial charge in [0.15, 0.2) is 0 Å². The fourth-order valence-electron chi connectivity index (χ4n) is 1.29. The molecule has 0 aliphatic carbocycles. The van der Waals surface area contributed by atoms with Crippen LogP contribution in [-0.2, 0) is 0 Å². The van der Waals surface area contributed by atoms with Gasteiger partial charge in [0.2, 0.25) is 0 Å². The Bertz CT molecular complexity index is 440. The van der Waals surface area contributed by atoms with Gasteiger partial charge in [0.1, 0.15) is 0 Å². The van der Waals surface area contributed by atoms with Crippen molar-refractivity contribution in [2.24, 2.45) is 0 Å². The van der Waals surface area contributed by atoms with Crippen LogP contribution in [0.4, 0.5) is 0 Å². The van der Waals surface area contributed by atoms with Gasteiger partial charge >= 0.3 is 0 Å². The van der Waals surface area contributed by atoms with Crippen molar-refractivity contribution in [3.8, 4) is 0 Å². The maximum absolute atomic E-state index is 4.96. The van der Waals surface area contributed by atoms with Crippen LogP contribution in [0, 0.1) is 0 Å². The minimum Gasteiger partial charge on any atom is -0.471 e. The Kier molecular flexibility index (Phi) is 3.18. The fraction of sp³-hybridized carbons (Fsp3) is 0. The molecule has 0 radical (unpaired) electrons. The van der Waals surface area contributed by atoms with Crippen LogP contribution in [-0.4, -0.2) is 0 Å². The van der Waals surface area contributed by atoms with Crippen LogP contribution >= 0.6 is 0 Å². The molecule has 0 N–H and O–H groups in total. The summed E-state index contributed by atoms with van der Waals surface area (Å²) >= 11 is 0. The quantitative estimate of drug-likeness (QED) is 0.527. The minimum absolute atomic E-state index is 1.16. The van der Waals surface area contributed by atoms with Crippen molar-refractivity contribution >= 4 is 10.8 Å². The first-order valence-electron chi connectivity index (χ1n) is 4.88. The van der Waals surface area contributed by atoms with Gasteiger partial charge in [-0.2, -0.15) is 0 Å². The average Bonchev–Trinajstić information content (AvgIpc) is 2.80. The molecule has 0 bridgehead atoms. The van der Waals surface area contributed by atoms with Crippen molar-refractivity contribution in [2.45, 2.75) is 0 Å². The highest BCUT2D eigenvalue weighted by Gasteiger charge is 1.89. The molecule has 3 aromatic rings. The Morgan fingerprint density at radius 2 is 0.933 bits per heavy atom. The fourth-order valence-corrected chi connectivity index (χ4v) is 1.29. The summed E-state index contributed by atoms with van der Waals surface area (Å²) in [6.45, 7) is 0. The predicted molar refractivity (Wildman–Crippen MR) is 62.7 cm³/mol. The molecule has 15 heavy (non-hydrogen) atoms. The predicted octanol–water partition coefficient (Wildman–Crippen LogP) is 4.12. The maximum atomic E-state index is 4.96. The van der Waals surface area contributed by atoms with Gasteiger partial charge in [0.05, 0.1) is 12.5 Å². The first-order chi connectivity index (χ1) is 7.47. The Morgan fingerprint density at radius 1 is 0.533 bits per heavy atom. The van der Waals surface area contributed by atoms with E-state index in [9.17, 15) is 0 Å². The van der Waals surface area contributed by atoms with Crippen LogP contribution < -0.4 is 0 Å². The highest BCUT2D eigenvalue weighted by molar-refractivity contribution is 5.80. The van der Waals surface area contributed by atoms with Gasteiger partial charge in [-0.25, -0.2) is 0 Å². The molecule has 1 nitrogen and oxygen atoms in total. The van der Waals surface area contributed by atoms with Gasteiger partial charge in [-0.3, -0.25) is 0 Å². The van der Waals surface area contributed by atoms with Gasteiger partial charge in [-0.05, 0) is 0 Å². The van der Waals surface area contributed by atoms with Gasteiger partial charge in [-0.1, -0.05) is 60.7 Å². The summed E-state index contributed by atoms with van der Waals surface area (Å²) in [4.78, 5) is 0. The first-order valence-corrected chi connectivity index (χ1v) is 4.88. The van der Waals surface area contributed by atoms with E-state index < -0.39 is 0 Å². The van der Waals surface area contributed by atoms with Gasteiger partial charge in [0.25, 0.3) is 0 Å². The molecule has 1 heteroatoms. The second kappa shape index (κ2) is 5.01. The Morgan fingerprint density at radius 3 is 1.33 bits per heavy atom. The average molecular weight is 196 g/mol. The van der Waals surface area contributed by atoms with E-state index in [-0.39, 0.29) is 0 Å². The van der Waals surface area contributed by atoms with E-state index in [1.54, 1.807) is 12.5 Å². The summed E-state index contributed by atoms with van der Waals surface area (Å²) in [6, 6.07) is 20.0. The lowest BCUT2D eigenvalue weighted by molar-refractivity contribution is 0.572. The normalized spacial score (nSPS) is 9.33. The van der Waals surface area contributed by atoms with E-state index in [1.165, 1.54) is 0 Å². The van der Waals surface area contributed by atoms with Crippen molar-refractivity contribution < 1.29 is 4.42 Å². The van der Waals surface area contributed by atoms with E-state index >= 15 is 0 Å². The Labute approximate surface area is 89.0 Å². The second-order valence-corrected chi connectivity index (χ2v) is 3.16. The number of hydrogen-bond acceptors (Lipinski definition) is 1. The molecule has 0 aliphatic heterocycles. The van der Waals surface area contributed by atoms with Crippen LogP contribution in [0.1, 0.15) is 0 Å². The molecule has 74 valence electrons. The van der Waals surface area contributed by atoms with Crippen LogP contribution in [0.5, 0.6) is 0 Å². The number of benzene rings is 2. The van der Waals surface area contributed by atoms with E-state index in [2.05, 4.69) is 0 Å². The zero-order valence-electron chi connectivity index (χ0n) is 8.34. The van der Waals surface area contributed by atoms with Gasteiger partial charge in [-0.15, -0.1) is 0 Å². The Hall–Kier alpha value is -2.02. The smallest absolute Gasteiger partial charge is 0.0981 e. The second-order valence-electron chi connectivity index (χ2n) is 3.16. The minimum atomic E-state index is 1.16. The van der Waals surface area contributed by atoms with E-state index in [0.717, 1.165) is 10.8 Å². The summed E-state index contributed by atoms with van der Waals surface area (Å²) in [7, 11) is 0. The molecule has 0 amide bonds. The maximum Gasteiger partial charge on any atom is 0.0981 e. The van der Waals surface area contributed by atoms with Crippen molar-refractivity contribution in [3.63, 3.8) is 0 Å². The third-order valence-electron chi connectivity index (χ3n) is 2.05. The Balaban J connectivity index is 0.000000124. The van der Waals surface area contributed by atoms with E-state index in [1.807, 2.05) is 60.7 Å². The lowest BCUT2D eigenvalue weighted by Crippen LogP contribution is -1.57. The molecule has 1 aromatic heterocycles. The number of hydrogen-bond donors (Lipinski definition) is 0. The van der Waals surface area contributed by atoms with Crippen LogP contribution in [0.15, 0.2) is 77.6 Å². The zero-order valence-corrected chi connectivity index (χ0v) is 8.34. The van der Waals surface area contributed by atoms with Crippen molar-refractivity contribution in [1.29, 1.82) is 0 Å². The highest BCUT2D eigenvalue weighted by atomic mass is 16.3. The van der Waals surface area contributed by atoms with E-state index in [4.69, 9.17) is 4.42 Å². The van der Waals surface area contributed by atoms with Crippen molar-refractivity contribution in [2.75, 3.05) is 0 Å². The first kappa shape index (κ1) is 9.53. The molecule has 0 atom stereocenters. The molecular weight excluding hydrogens is 184 g/mol. The number of furan rings is 1. The third-order valence-corrected chi connectivity index (χ3v) is 2.05. The SMILES string of the molecule is c1ccc2cocc2c1.c1ccccc1. The molecule has 0 unspecified atom stereocenters. The highest BCUT2D eigenvalue weighted by Crippen LogP contribution is 2.12. The standard InChI is InChI=1S/C8H6O.C6H6/c1-2-4-8-6-9-5-7(8)3-1;1-2-4-6-5-3-1/h1-6H;1-6H. The van der Waals surface area contributed by atoms with Crippen molar-refractivity contribution in [1.82, 2.24) is 0 Å². The topological polar surface area (TPSA) is 13.1 Å². The number of rotatable bonds is 0. The lowest BCUT2D eigenvalue weighted by atomic mass is 10.2. The summed E-state index contributed by atoms with van der Waals surface area (Å²) in [5.41, 5.74) is 0. The van der Waals surface area contributed by atoms with Gasteiger partial charge < -0.3 is 4.42 Å². The van der Waals surface area contributed by atoms with Crippen LogP contribution in [0.25, 0.3) is 10.8 Å². The molecule has 3 rings (SSSR count). The molecule has 0 spiro atoms. The van der Waals surface area contributed by atoms with E-state index in [0.29, 0.717) is 0 Å². The monoisotopic (exact) mass is 196 g/mol. The molecule has 0 fully saturated rings. The molecule has 2 aromatic carbocycles. The third kappa shape index (κ3) is 2.71. The summed E-state index contributed by atoms with van der Waals surface area (Å²) in [5.74, 6) is 0.